The molecular weight excluding hydrogens is 416 g/mol. The summed E-state index contributed by atoms with van der Waals surface area (Å²) in [5.74, 6) is 0. The summed E-state index contributed by atoms with van der Waals surface area (Å²) in [6.45, 7) is 20.7. The van der Waals surface area contributed by atoms with Gasteiger partial charge in [0.1, 0.15) is 0 Å². The van der Waals surface area contributed by atoms with Crippen molar-refractivity contribution >= 4 is 0 Å². The topological polar surface area (TPSA) is 6.48 Å². The summed E-state index contributed by atoms with van der Waals surface area (Å²) >= 11 is 0. The maximum absolute atomic E-state index is 2.71. The van der Waals surface area contributed by atoms with Crippen LogP contribution in [0.15, 0.2) is 0 Å². The van der Waals surface area contributed by atoms with E-state index in [0.717, 1.165) is 0 Å². The van der Waals surface area contributed by atoms with Crippen LogP contribution < -0.4 is 0 Å². The molecule has 0 aromatic heterocycles. The Morgan fingerprint density at radius 3 is 0.882 bits per heavy atom. The van der Waals surface area contributed by atoms with Crippen molar-refractivity contribution in [3.63, 3.8) is 0 Å². The molecule has 0 N–H and O–H groups in total. The summed E-state index contributed by atoms with van der Waals surface area (Å²) in [4.78, 5) is 5.43. The molecule has 0 radical (unpaired) electrons. The molecule has 0 amide bonds. The van der Waals surface area contributed by atoms with E-state index in [-0.39, 0.29) is 0 Å². The number of quaternary nitrogens is 2. The molecule has 34 heavy (non-hydrogen) atoms. The van der Waals surface area contributed by atoms with Crippen molar-refractivity contribution in [3.05, 3.63) is 0 Å². The zero-order valence-electron chi connectivity index (χ0n) is 24.2. The average molecular weight is 481 g/mol. The van der Waals surface area contributed by atoms with E-state index in [9.17, 15) is 0 Å². The van der Waals surface area contributed by atoms with Gasteiger partial charge in [0, 0.05) is 26.2 Å². The molecule has 0 spiro atoms. The lowest BCUT2D eigenvalue weighted by Crippen LogP contribution is -2.57. The number of hydrogen-bond donors (Lipinski definition) is 0. The van der Waals surface area contributed by atoms with Gasteiger partial charge in [0.25, 0.3) is 0 Å². The summed E-state index contributed by atoms with van der Waals surface area (Å²) in [7, 11) is 4.85. The lowest BCUT2D eigenvalue weighted by Gasteiger charge is -2.41. The molecule has 2 aliphatic heterocycles. The van der Waals surface area contributed by atoms with Gasteiger partial charge in [-0.25, -0.2) is 0 Å². The standard InChI is InChI=1S/C30H64N4/c1-5-33(3)27-23-31(24-28-33)21-19-17-15-13-11-9-7-8-10-12-14-16-18-20-22-32-25-29-34(4,6-2)30-26-32/h5-30H2,1-4H3/q+2. The fourth-order valence-corrected chi connectivity index (χ4v) is 5.85. The van der Waals surface area contributed by atoms with E-state index in [1.165, 1.54) is 177 Å². The molecule has 2 heterocycles. The minimum Gasteiger partial charge on any atom is -0.324 e. The third-order valence-corrected chi connectivity index (χ3v) is 9.55. The van der Waals surface area contributed by atoms with E-state index in [1.54, 1.807) is 0 Å². The Morgan fingerprint density at radius 1 is 0.412 bits per heavy atom. The molecule has 2 rings (SSSR count). The van der Waals surface area contributed by atoms with Crippen LogP contribution in [0.5, 0.6) is 0 Å². The smallest absolute Gasteiger partial charge is 0.0914 e. The first kappa shape index (κ1) is 30.1. The van der Waals surface area contributed by atoms with Gasteiger partial charge < -0.3 is 8.97 Å². The number of hydrogen-bond acceptors (Lipinski definition) is 2. The van der Waals surface area contributed by atoms with E-state index in [2.05, 4.69) is 37.7 Å². The molecule has 0 saturated carbocycles. The number of likely N-dealkylation sites (N-methyl/N-ethyl adjacent to an activating group) is 2. The summed E-state index contributed by atoms with van der Waals surface area (Å²) in [6, 6.07) is 0. The highest BCUT2D eigenvalue weighted by atomic mass is 15.4. The zero-order valence-corrected chi connectivity index (χ0v) is 24.2. The quantitative estimate of drug-likeness (QED) is 0.165. The molecule has 2 aliphatic rings. The largest absolute Gasteiger partial charge is 0.324 e. The highest BCUT2D eigenvalue weighted by Crippen LogP contribution is 2.15. The van der Waals surface area contributed by atoms with E-state index < -0.39 is 0 Å². The van der Waals surface area contributed by atoms with Crippen molar-refractivity contribution in [1.29, 1.82) is 0 Å². The van der Waals surface area contributed by atoms with E-state index in [4.69, 9.17) is 0 Å². The SMILES string of the molecule is CC[N+]1(C)CCN(CCCCCCCCCCCCCCCCN2CC[N+](C)(CC)CC2)CC1. The highest BCUT2D eigenvalue weighted by Gasteiger charge is 2.27. The van der Waals surface area contributed by atoms with Crippen molar-refractivity contribution in [2.24, 2.45) is 0 Å². The Bertz CT molecular complexity index is 434. The third kappa shape index (κ3) is 12.7. The second kappa shape index (κ2) is 17.3. The predicted molar refractivity (Wildman–Crippen MR) is 150 cm³/mol. The van der Waals surface area contributed by atoms with Gasteiger partial charge in [-0.15, -0.1) is 0 Å². The van der Waals surface area contributed by atoms with Gasteiger partial charge >= 0.3 is 0 Å². The zero-order chi connectivity index (χ0) is 24.5. The van der Waals surface area contributed by atoms with Gasteiger partial charge in [0.2, 0.25) is 0 Å². The molecule has 4 heteroatoms. The third-order valence-electron chi connectivity index (χ3n) is 9.55. The summed E-state index contributed by atoms with van der Waals surface area (Å²) in [6.07, 6.45) is 20.5. The molecule has 0 aromatic carbocycles. The first-order valence-electron chi connectivity index (χ1n) is 15.6. The molecule has 202 valence electrons. The fraction of sp³-hybridized carbons (Fsp3) is 1.00. The van der Waals surface area contributed by atoms with Crippen molar-refractivity contribution in [2.75, 3.05) is 92.6 Å². The van der Waals surface area contributed by atoms with Crippen LogP contribution in [0.3, 0.4) is 0 Å². The molecule has 0 aliphatic carbocycles. The lowest BCUT2D eigenvalue weighted by atomic mass is 10.0. The van der Waals surface area contributed by atoms with Gasteiger partial charge in [0.05, 0.1) is 53.4 Å². The van der Waals surface area contributed by atoms with Crippen molar-refractivity contribution in [1.82, 2.24) is 9.80 Å². The van der Waals surface area contributed by atoms with Crippen LogP contribution in [-0.4, -0.2) is 111 Å². The Kier molecular flexibility index (Phi) is 15.3. The van der Waals surface area contributed by atoms with Crippen molar-refractivity contribution in [2.45, 2.75) is 104 Å². The second-order valence-electron chi connectivity index (χ2n) is 12.4. The minimum absolute atomic E-state index is 1.29. The summed E-state index contributed by atoms with van der Waals surface area (Å²) in [5.41, 5.74) is 0. The molecule has 0 atom stereocenters. The predicted octanol–water partition coefficient (Wildman–Crippen LogP) is 6.01. The molecular formula is C30H64N4+2. The lowest BCUT2D eigenvalue weighted by molar-refractivity contribution is -0.911. The van der Waals surface area contributed by atoms with Crippen LogP contribution in [0.25, 0.3) is 0 Å². The Hall–Kier alpha value is -0.160. The first-order valence-corrected chi connectivity index (χ1v) is 15.6. The molecule has 2 fully saturated rings. The van der Waals surface area contributed by atoms with Gasteiger partial charge in [-0.05, 0) is 39.8 Å². The molecule has 0 unspecified atom stereocenters. The molecule has 0 bridgehead atoms. The van der Waals surface area contributed by atoms with Gasteiger partial charge in [-0.2, -0.15) is 0 Å². The van der Waals surface area contributed by atoms with Crippen molar-refractivity contribution in [3.8, 4) is 0 Å². The van der Waals surface area contributed by atoms with Crippen LogP contribution in [0.4, 0.5) is 0 Å². The fourth-order valence-electron chi connectivity index (χ4n) is 5.85. The molecule has 0 aromatic rings. The average Bonchev–Trinajstić information content (AvgIpc) is 2.86. The monoisotopic (exact) mass is 481 g/mol. The maximum Gasteiger partial charge on any atom is 0.0914 e. The highest BCUT2D eigenvalue weighted by molar-refractivity contribution is 4.64. The first-order chi connectivity index (χ1) is 16.5. The Morgan fingerprint density at radius 2 is 0.647 bits per heavy atom. The van der Waals surface area contributed by atoms with Crippen molar-refractivity contribution < 1.29 is 8.97 Å². The second-order valence-corrected chi connectivity index (χ2v) is 12.4. The number of piperazine rings is 2. The maximum atomic E-state index is 2.71. The number of rotatable bonds is 19. The van der Waals surface area contributed by atoms with Gasteiger partial charge in [-0.1, -0.05) is 77.0 Å². The number of unbranched alkanes of at least 4 members (excludes halogenated alkanes) is 13. The Labute approximate surface area is 215 Å². The summed E-state index contributed by atoms with van der Waals surface area (Å²) in [5, 5.41) is 0. The number of nitrogens with zero attached hydrogens (tertiary/aromatic N) is 4. The van der Waals surface area contributed by atoms with Crippen LogP contribution in [-0.2, 0) is 0 Å². The Balaban J connectivity index is 1.25. The van der Waals surface area contributed by atoms with E-state index in [0.29, 0.717) is 0 Å². The van der Waals surface area contributed by atoms with Crippen LogP contribution in [0, 0.1) is 0 Å². The van der Waals surface area contributed by atoms with E-state index >= 15 is 0 Å². The normalized spacial score (nSPS) is 21.2. The van der Waals surface area contributed by atoms with Crippen LogP contribution in [0.2, 0.25) is 0 Å². The van der Waals surface area contributed by atoms with E-state index in [1.807, 2.05) is 0 Å². The van der Waals surface area contributed by atoms with Crippen LogP contribution in [0.1, 0.15) is 104 Å². The van der Waals surface area contributed by atoms with Gasteiger partial charge in [-0.3, -0.25) is 9.80 Å². The van der Waals surface area contributed by atoms with Crippen LogP contribution >= 0.6 is 0 Å². The minimum atomic E-state index is 1.29. The van der Waals surface area contributed by atoms with Gasteiger partial charge in [0.15, 0.2) is 0 Å². The molecule has 4 nitrogen and oxygen atoms in total. The summed E-state index contributed by atoms with van der Waals surface area (Å²) < 4.78 is 2.57. The molecule has 2 saturated heterocycles.